The monoisotopic (exact) mass is 305 g/mol. The minimum Gasteiger partial charge on any atom is -0.382 e. The zero-order valence-electron chi connectivity index (χ0n) is 9.89. The van der Waals surface area contributed by atoms with E-state index in [1.54, 1.807) is 0 Å². The van der Waals surface area contributed by atoms with Crippen molar-refractivity contribution < 1.29 is 23.1 Å². The molecule has 2 aromatic rings. The van der Waals surface area contributed by atoms with Crippen LogP contribution in [0.2, 0.25) is 0 Å². The molecule has 2 rings (SSSR count). The molecule has 0 unspecified atom stereocenters. The zero-order chi connectivity index (χ0) is 15.0. The number of nitrogens with two attached hydrogens (primary N) is 1. The molecular formula is C9H10F2N5O3P. The first-order valence-corrected chi connectivity index (χ1v) is 6.86. The lowest BCUT2D eigenvalue weighted by atomic mass is 10.4. The van der Waals surface area contributed by atoms with E-state index in [1.165, 1.54) is 17.2 Å². The SMILES string of the molecule is Nc1ncnc2c1ncn2C/C=C/C(F)(F)P(=O)(O)O. The lowest BCUT2D eigenvalue weighted by Crippen LogP contribution is -2.12. The Morgan fingerprint density at radius 2 is 2.10 bits per heavy atom. The van der Waals surface area contributed by atoms with Crippen LogP contribution in [0.15, 0.2) is 24.8 Å². The van der Waals surface area contributed by atoms with E-state index in [-0.39, 0.29) is 18.4 Å². The van der Waals surface area contributed by atoms with Crippen LogP contribution in [-0.4, -0.2) is 35.0 Å². The number of aromatic nitrogens is 4. The molecule has 108 valence electrons. The third kappa shape index (κ3) is 2.67. The molecule has 0 aliphatic heterocycles. The van der Waals surface area contributed by atoms with E-state index < -0.39 is 13.3 Å². The average Bonchev–Trinajstić information content (AvgIpc) is 2.72. The van der Waals surface area contributed by atoms with Crippen molar-refractivity contribution in [3.05, 3.63) is 24.8 Å². The number of nitrogens with zero attached hydrogens (tertiary/aromatic N) is 4. The summed E-state index contributed by atoms with van der Waals surface area (Å²) in [6.45, 7) is -0.0947. The second kappa shape index (κ2) is 4.89. The fraction of sp³-hybridized carbons (Fsp3) is 0.222. The number of hydrogen-bond donors (Lipinski definition) is 3. The molecule has 8 nitrogen and oxygen atoms in total. The molecule has 0 radical (unpaired) electrons. The Hall–Kier alpha value is -1.90. The van der Waals surface area contributed by atoms with Crippen molar-refractivity contribution in [2.24, 2.45) is 0 Å². The van der Waals surface area contributed by atoms with Gasteiger partial charge in [0.1, 0.15) is 11.8 Å². The highest BCUT2D eigenvalue weighted by atomic mass is 31.2. The highest BCUT2D eigenvalue weighted by molar-refractivity contribution is 7.53. The van der Waals surface area contributed by atoms with Gasteiger partial charge in [-0.2, -0.15) is 8.78 Å². The van der Waals surface area contributed by atoms with Gasteiger partial charge < -0.3 is 20.1 Å². The Labute approximate surface area is 111 Å². The molecule has 11 heteroatoms. The van der Waals surface area contributed by atoms with Gasteiger partial charge in [0.2, 0.25) is 0 Å². The minimum atomic E-state index is -5.52. The molecule has 2 heterocycles. The summed E-state index contributed by atoms with van der Waals surface area (Å²) in [4.78, 5) is 28.5. The van der Waals surface area contributed by atoms with Gasteiger partial charge in [-0.15, -0.1) is 0 Å². The summed E-state index contributed by atoms with van der Waals surface area (Å²) in [5.74, 6) is 0.151. The summed E-state index contributed by atoms with van der Waals surface area (Å²) in [5, 5.41) is 0. The summed E-state index contributed by atoms with van der Waals surface area (Å²) in [6.07, 6.45) is 3.59. The van der Waals surface area contributed by atoms with Crippen LogP contribution in [-0.2, 0) is 11.1 Å². The van der Waals surface area contributed by atoms with Crippen molar-refractivity contribution in [2.45, 2.75) is 12.2 Å². The lowest BCUT2D eigenvalue weighted by Gasteiger charge is -2.12. The number of nitrogen functional groups attached to an aromatic ring is 1. The Bertz CT molecular complexity index is 711. The number of anilines is 1. The maximum atomic E-state index is 13.0. The first-order chi connectivity index (χ1) is 9.22. The summed E-state index contributed by atoms with van der Waals surface area (Å²) in [7, 11) is -5.52. The van der Waals surface area contributed by atoms with Crippen LogP contribution in [0, 0.1) is 0 Å². The minimum absolute atomic E-state index is 0.0947. The summed E-state index contributed by atoms with van der Waals surface area (Å²) >= 11 is 0. The molecule has 0 bridgehead atoms. The van der Waals surface area contributed by atoms with E-state index in [9.17, 15) is 13.3 Å². The van der Waals surface area contributed by atoms with Gasteiger partial charge in [-0.3, -0.25) is 4.57 Å². The second-order valence-corrected chi connectivity index (χ2v) is 5.55. The molecule has 0 atom stereocenters. The fourth-order valence-electron chi connectivity index (χ4n) is 1.44. The molecule has 4 N–H and O–H groups in total. The van der Waals surface area contributed by atoms with Crippen LogP contribution >= 0.6 is 7.60 Å². The van der Waals surface area contributed by atoms with Gasteiger partial charge in [0.25, 0.3) is 0 Å². The Balaban J connectivity index is 2.22. The molecule has 0 saturated heterocycles. The Morgan fingerprint density at radius 3 is 2.75 bits per heavy atom. The van der Waals surface area contributed by atoms with Gasteiger partial charge >= 0.3 is 13.3 Å². The van der Waals surface area contributed by atoms with Crippen LogP contribution in [0.4, 0.5) is 14.6 Å². The van der Waals surface area contributed by atoms with Crippen molar-refractivity contribution in [3.8, 4) is 0 Å². The van der Waals surface area contributed by atoms with Crippen LogP contribution in [0.1, 0.15) is 0 Å². The average molecular weight is 305 g/mol. The highest BCUT2D eigenvalue weighted by Crippen LogP contribution is 2.53. The first kappa shape index (κ1) is 14.5. The van der Waals surface area contributed by atoms with Gasteiger partial charge in [0.05, 0.1) is 6.33 Å². The molecule has 0 amide bonds. The van der Waals surface area contributed by atoms with Crippen molar-refractivity contribution in [1.29, 1.82) is 0 Å². The van der Waals surface area contributed by atoms with Crippen molar-refractivity contribution >= 4 is 24.6 Å². The van der Waals surface area contributed by atoms with Crippen molar-refractivity contribution in [2.75, 3.05) is 5.73 Å². The lowest BCUT2D eigenvalue weighted by molar-refractivity contribution is 0.108. The second-order valence-electron chi connectivity index (χ2n) is 3.86. The van der Waals surface area contributed by atoms with Crippen LogP contribution < -0.4 is 5.73 Å². The summed E-state index contributed by atoms with van der Waals surface area (Å²) < 4.78 is 38.0. The molecular weight excluding hydrogens is 295 g/mol. The van der Waals surface area contributed by atoms with E-state index in [4.69, 9.17) is 15.5 Å². The van der Waals surface area contributed by atoms with Crippen molar-refractivity contribution in [1.82, 2.24) is 19.5 Å². The summed E-state index contributed by atoms with van der Waals surface area (Å²) in [6, 6.07) is 0. The summed E-state index contributed by atoms with van der Waals surface area (Å²) in [5.41, 5.74) is 2.00. The Kier molecular flexibility index (Phi) is 3.55. The topological polar surface area (TPSA) is 127 Å². The van der Waals surface area contributed by atoms with E-state index in [0.717, 1.165) is 6.08 Å². The number of halogens is 2. The fourth-order valence-corrected chi connectivity index (χ4v) is 1.74. The molecule has 2 aromatic heterocycles. The quantitative estimate of drug-likeness (QED) is 0.561. The standard InChI is InChI=1S/C9H10F2N5O3P/c10-9(11,20(17,18)19)2-1-3-16-5-15-6-7(12)13-4-14-8(6)16/h1-2,4-5H,3H2,(H2,12,13,14)(H2,17,18,19)/b2-1+. The van der Waals surface area contributed by atoms with Crippen LogP contribution in [0.5, 0.6) is 0 Å². The van der Waals surface area contributed by atoms with E-state index in [2.05, 4.69) is 15.0 Å². The third-order valence-corrected chi connectivity index (χ3v) is 3.36. The molecule has 0 saturated carbocycles. The maximum Gasteiger partial charge on any atom is 0.398 e. The van der Waals surface area contributed by atoms with Gasteiger partial charge in [-0.1, -0.05) is 6.08 Å². The number of fused-ring (bicyclic) bond motifs is 1. The maximum absolute atomic E-state index is 13.0. The number of allylic oxidation sites excluding steroid dienone is 2. The normalized spacial score (nSPS) is 13.4. The molecule has 20 heavy (non-hydrogen) atoms. The van der Waals surface area contributed by atoms with Gasteiger partial charge in [-0.25, -0.2) is 15.0 Å². The number of alkyl halides is 2. The van der Waals surface area contributed by atoms with Crippen LogP contribution in [0.25, 0.3) is 11.2 Å². The van der Waals surface area contributed by atoms with Gasteiger partial charge in [-0.05, 0) is 6.08 Å². The number of hydrogen-bond acceptors (Lipinski definition) is 5. The van der Waals surface area contributed by atoms with E-state index in [1.807, 2.05) is 0 Å². The van der Waals surface area contributed by atoms with Crippen molar-refractivity contribution in [3.63, 3.8) is 0 Å². The molecule has 0 fully saturated rings. The van der Waals surface area contributed by atoms with E-state index >= 15 is 0 Å². The predicted molar refractivity (Wildman–Crippen MR) is 65.9 cm³/mol. The van der Waals surface area contributed by atoms with Crippen LogP contribution in [0.3, 0.4) is 0 Å². The molecule has 0 aliphatic carbocycles. The molecule has 0 aromatic carbocycles. The number of rotatable bonds is 4. The largest absolute Gasteiger partial charge is 0.398 e. The third-order valence-electron chi connectivity index (χ3n) is 2.44. The first-order valence-electron chi connectivity index (χ1n) is 5.25. The smallest absolute Gasteiger partial charge is 0.382 e. The van der Waals surface area contributed by atoms with E-state index in [0.29, 0.717) is 11.2 Å². The molecule has 0 spiro atoms. The molecule has 0 aliphatic rings. The highest BCUT2D eigenvalue weighted by Gasteiger charge is 2.45. The van der Waals surface area contributed by atoms with Gasteiger partial charge in [0.15, 0.2) is 11.5 Å². The predicted octanol–water partition coefficient (Wildman–Crippen LogP) is 0.735. The van der Waals surface area contributed by atoms with Gasteiger partial charge in [0, 0.05) is 6.54 Å². The number of imidazole rings is 1. The Morgan fingerprint density at radius 1 is 1.40 bits per heavy atom. The zero-order valence-corrected chi connectivity index (χ0v) is 10.8.